The van der Waals surface area contributed by atoms with Crippen molar-refractivity contribution in [1.82, 2.24) is 10.6 Å². The molecular formula is C15H21FN2O2. The summed E-state index contributed by atoms with van der Waals surface area (Å²) in [6, 6.07) is 6.32. The molecule has 1 saturated carbocycles. The molecule has 2 amide bonds. The number of aliphatic hydroxyl groups excluding tert-OH is 1. The first kappa shape index (κ1) is 14.8. The van der Waals surface area contributed by atoms with E-state index in [-0.39, 0.29) is 18.5 Å². The van der Waals surface area contributed by atoms with E-state index < -0.39 is 5.54 Å². The Kier molecular flexibility index (Phi) is 4.95. The number of urea groups is 1. The van der Waals surface area contributed by atoms with E-state index in [1.54, 1.807) is 18.2 Å². The van der Waals surface area contributed by atoms with Gasteiger partial charge in [0.1, 0.15) is 5.82 Å². The minimum Gasteiger partial charge on any atom is -0.396 e. The minimum absolute atomic E-state index is 0.0404. The van der Waals surface area contributed by atoms with Crippen LogP contribution in [-0.4, -0.2) is 24.3 Å². The minimum atomic E-state index is -0.603. The molecule has 2 rings (SSSR count). The van der Waals surface area contributed by atoms with Crippen LogP contribution in [0.3, 0.4) is 0 Å². The third-order valence-electron chi connectivity index (χ3n) is 3.82. The number of nitrogens with one attached hydrogen (secondary N) is 2. The van der Waals surface area contributed by atoms with Crippen molar-refractivity contribution in [3.8, 4) is 0 Å². The van der Waals surface area contributed by atoms with Crippen molar-refractivity contribution in [3.05, 3.63) is 35.6 Å². The van der Waals surface area contributed by atoms with Crippen LogP contribution in [0.5, 0.6) is 0 Å². The summed E-state index contributed by atoms with van der Waals surface area (Å²) in [5.74, 6) is -0.273. The van der Waals surface area contributed by atoms with E-state index >= 15 is 0 Å². The molecule has 1 aliphatic carbocycles. The van der Waals surface area contributed by atoms with E-state index in [2.05, 4.69) is 10.6 Å². The lowest BCUT2D eigenvalue weighted by atomic mass is 9.88. The first-order chi connectivity index (χ1) is 9.68. The van der Waals surface area contributed by atoms with E-state index in [9.17, 15) is 9.18 Å². The molecule has 1 aliphatic rings. The van der Waals surface area contributed by atoms with Gasteiger partial charge in [0.2, 0.25) is 0 Å². The zero-order valence-electron chi connectivity index (χ0n) is 11.5. The standard InChI is InChI=1S/C15H21FN2O2/c16-13-7-2-1-6-12(13)15(8-3-4-9-15)18-14(20)17-10-5-11-19/h1-2,6-7,19H,3-5,8-11H2,(H2,17,18,20). The molecule has 1 fully saturated rings. The molecule has 3 N–H and O–H groups in total. The lowest BCUT2D eigenvalue weighted by Crippen LogP contribution is -2.49. The lowest BCUT2D eigenvalue weighted by Gasteiger charge is -2.31. The summed E-state index contributed by atoms with van der Waals surface area (Å²) in [5, 5.41) is 14.3. The van der Waals surface area contributed by atoms with Crippen LogP contribution in [-0.2, 0) is 5.54 Å². The summed E-state index contributed by atoms with van der Waals surface area (Å²) in [4.78, 5) is 11.9. The number of aliphatic hydroxyl groups is 1. The second kappa shape index (κ2) is 6.70. The number of halogens is 1. The van der Waals surface area contributed by atoms with Gasteiger partial charge in [-0.1, -0.05) is 31.0 Å². The number of amides is 2. The van der Waals surface area contributed by atoms with Gasteiger partial charge in [0.05, 0.1) is 5.54 Å². The highest BCUT2D eigenvalue weighted by atomic mass is 19.1. The summed E-state index contributed by atoms with van der Waals surface area (Å²) < 4.78 is 14.0. The highest BCUT2D eigenvalue weighted by Crippen LogP contribution is 2.39. The van der Waals surface area contributed by atoms with Crippen LogP contribution in [0.2, 0.25) is 0 Å². The number of carbonyl (C=O) groups excluding carboxylic acids is 1. The van der Waals surface area contributed by atoms with Gasteiger partial charge in [0.15, 0.2) is 0 Å². The van der Waals surface area contributed by atoms with Crippen molar-refractivity contribution >= 4 is 6.03 Å². The molecular weight excluding hydrogens is 259 g/mol. The lowest BCUT2D eigenvalue weighted by molar-refractivity contribution is 0.221. The average molecular weight is 280 g/mol. The van der Waals surface area contributed by atoms with E-state index in [0.29, 0.717) is 18.5 Å². The Labute approximate surface area is 118 Å². The maximum absolute atomic E-state index is 14.0. The molecule has 0 aromatic heterocycles. The SMILES string of the molecule is O=C(NCCCO)NC1(c2ccccc2F)CCCC1. The van der Waals surface area contributed by atoms with Gasteiger partial charge in [-0.05, 0) is 25.3 Å². The molecule has 0 spiro atoms. The predicted molar refractivity (Wildman–Crippen MR) is 74.8 cm³/mol. The largest absolute Gasteiger partial charge is 0.396 e. The van der Waals surface area contributed by atoms with Crippen molar-refractivity contribution < 1.29 is 14.3 Å². The molecule has 0 heterocycles. The van der Waals surface area contributed by atoms with Crippen molar-refractivity contribution in [2.24, 2.45) is 0 Å². The molecule has 0 aliphatic heterocycles. The van der Waals surface area contributed by atoms with Crippen molar-refractivity contribution in [2.75, 3.05) is 13.2 Å². The Morgan fingerprint density at radius 3 is 2.65 bits per heavy atom. The van der Waals surface area contributed by atoms with Crippen LogP contribution in [0.4, 0.5) is 9.18 Å². The van der Waals surface area contributed by atoms with Crippen LogP contribution in [0.1, 0.15) is 37.7 Å². The topological polar surface area (TPSA) is 61.4 Å². The first-order valence-corrected chi connectivity index (χ1v) is 7.10. The van der Waals surface area contributed by atoms with Crippen LogP contribution < -0.4 is 10.6 Å². The average Bonchev–Trinajstić information content (AvgIpc) is 2.89. The molecule has 4 nitrogen and oxygen atoms in total. The van der Waals surface area contributed by atoms with Crippen molar-refractivity contribution in [2.45, 2.75) is 37.6 Å². The van der Waals surface area contributed by atoms with Crippen molar-refractivity contribution in [3.63, 3.8) is 0 Å². The van der Waals surface area contributed by atoms with Crippen molar-refractivity contribution in [1.29, 1.82) is 0 Å². The van der Waals surface area contributed by atoms with E-state index in [1.807, 2.05) is 0 Å². The second-order valence-electron chi connectivity index (χ2n) is 5.23. The van der Waals surface area contributed by atoms with E-state index in [1.165, 1.54) is 6.07 Å². The highest BCUT2D eigenvalue weighted by Gasteiger charge is 2.38. The molecule has 0 radical (unpaired) electrons. The Hall–Kier alpha value is -1.62. The molecule has 0 atom stereocenters. The molecule has 0 unspecified atom stereocenters. The maximum Gasteiger partial charge on any atom is 0.315 e. The Morgan fingerprint density at radius 2 is 2.00 bits per heavy atom. The smallest absolute Gasteiger partial charge is 0.315 e. The Bertz CT molecular complexity index is 459. The maximum atomic E-state index is 14.0. The van der Waals surface area contributed by atoms with Gasteiger partial charge in [-0.25, -0.2) is 9.18 Å². The molecule has 20 heavy (non-hydrogen) atoms. The monoisotopic (exact) mass is 280 g/mol. The van der Waals surface area contributed by atoms with E-state index in [4.69, 9.17) is 5.11 Å². The number of benzene rings is 1. The molecule has 1 aromatic carbocycles. The molecule has 0 bridgehead atoms. The number of rotatable bonds is 5. The Morgan fingerprint density at radius 1 is 1.30 bits per heavy atom. The van der Waals surface area contributed by atoms with Gasteiger partial charge in [-0.2, -0.15) is 0 Å². The number of hydrogen-bond donors (Lipinski definition) is 3. The van der Waals surface area contributed by atoms with Gasteiger partial charge in [-0.3, -0.25) is 0 Å². The van der Waals surface area contributed by atoms with Crippen LogP contribution in [0.15, 0.2) is 24.3 Å². The summed E-state index contributed by atoms with van der Waals surface area (Å²) in [6.07, 6.45) is 3.97. The molecule has 0 saturated heterocycles. The third-order valence-corrected chi connectivity index (χ3v) is 3.82. The summed E-state index contributed by atoms with van der Waals surface area (Å²) in [6.45, 7) is 0.453. The van der Waals surface area contributed by atoms with Crippen LogP contribution in [0, 0.1) is 5.82 Å². The molecule has 5 heteroatoms. The summed E-state index contributed by atoms with van der Waals surface area (Å²) in [7, 11) is 0. The quantitative estimate of drug-likeness (QED) is 0.725. The summed E-state index contributed by atoms with van der Waals surface area (Å²) >= 11 is 0. The normalized spacial score (nSPS) is 16.9. The van der Waals surface area contributed by atoms with Gasteiger partial charge >= 0.3 is 6.03 Å². The second-order valence-corrected chi connectivity index (χ2v) is 5.23. The van der Waals surface area contributed by atoms with E-state index in [0.717, 1.165) is 25.7 Å². The number of carbonyl (C=O) groups is 1. The molecule has 1 aromatic rings. The first-order valence-electron chi connectivity index (χ1n) is 7.10. The predicted octanol–water partition coefficient (Wildman–Crippen LogP) is 2.28. The van der Waals surface area contributed by atoms with Gasteiger partial charge < -0.3 is 15.7 Å². The Balaban J connectivity index is 2.10. The summed E-state index contributed by atoms with van der Waals surface area (Å²) in [5.41, 5.74) is -0.0379. The zero-order chi connectivity index (χ0) is 14.4. The fourth-order valence-corrected chi connectivity index (χ4v) is 2.83. The third kappa shape index (κ3) is 3.28. The highest BCUT2D eigenvalue weighted by molar-refractivity contribution is 5.75. The molecule has 110 valence electrons. The zero-order valence-corrected chi connectivity index (χ0v) is 11.5. The van der Waals surface area contributed by atoms with Crippen LogP contribution >= 0.6 is 0 Å². The van der Waals surface area contributed by atoms with Crippen LogP contribution in [0.25, 0.3) is 0 Å². The van der Waals surface area contributed by atoms with Gasteiger partial charge in [0.25, 0.3) is 0 Å². The fourth-order valence-electron chi connectivity index (χ4n) is 2.83. The fraction of sp³-hybridized carbons (Fsp3) is 0.533. The number of hydrogen-bond acceptors (Lipinski definition) is 2. The van der Waals surface area contributed by atoms with Gasteiger partial charge in [0, 0.05) is 18.7 Å². The van der Waals surface area contributed by atoms with Gasteiger partial charge in [-0.15, -0.1) is 0 Å².